The fourth-order valence-electron chi connectivity index (χ4n) is 5.14. The number of nitrogens with one attached hydrogen (secondary N) is 2. The molecule has 0 spiro atoms. The molecule has 2 N–H and O–H groups in total. The molecule has 2 fully saturated rings. The molecule has 2 aliphatic heterocycles. The highest BCUT2D eigenvalue weighted by atomic mass is 16.5. The van der Waals surface area contributed by atoms with Gasteiger partial charge in [-0.15, -0.1) is 0 Å². The lowest BCUT2D eigenvalue weighted by atomic mass is 10.0. The lowest BCUT2D eigenvalue weighted by molar-refractivity contribution is 0.0939. The van der Waals surface area contributed by atoms with Crippen LogP contribution in [0, 0.1) is 6.92 Å². The average Bonchev–Trinajstić information content (AvgIpc) is 3.43. The monoisotopic (exact) mass is 459 g/mol. The Morgan fingerprint density at radius 3 is 2.59 bits per heavy atom. The van der Waals surface area contributed by atoms with E-state index in [-0.39, 0.29) is 11.9 Å². The Morgan fingerprint density at radius 1 is 1.15 bits per heavy atom. The van der Waals surface area contributed by atoms with Gasteiger partial charge in [0.2, 0.25) is 0 Å². The second-order valence-corrected chi connectivity index (χ2v) is 9.63. The van der Waals surface area contributed by atoms with Crippen molar-refractivity contribution in [3.63, 3.8) is 0 Å². The smallest absolute Gasteiger partial charge is 0.252 e. The summed E-state index contributed by atoms with van der Waals surface area (Å²) in [5.74, 6) is 0.694. The van der Waals surface area contributed by atoms with Crippen LogP contribution in [-0.2, 0) is 7.05 Å². The van der Waals surface area contributed by atoms with Crippen LogP contribution in [0.1, 0.15) is 47.3 Å². The van der Waals surface area contributed by atoms with Gasteiger partial charge in [-0.1, -0.05) is 6.07 Å². The van der Waals surface area contributed by atoms with Crippen LogP contribution in [0.2, 0.25) is 0 Å². The molecule has 2 saturated heterocycles. The third kappa shape index (κ3) is 4.53. The van der Waals surface area contributed by atoms with Crippen molar-refractivity contribution in [3.8, 4) is 16.9 Å². The minimum absolute atomic E-state index is 0.0595. The zero-order valence-corrected chi connectivity index (χ0v) is 20.3. The van der Waals surface area contributed by atoms with Gasteiger partial charge in [-0.05, 0) is 73.7 Å². The molecule has 2 aliphatic rings. The number of anilines is 1. The molecule has 178 valence electrons. The molecule has 7 heteroatoms. The second-order valence-electron chi connectivity index (χ2n) is 9.63. The fourth-order valence-corrected chi connectivity index (χ4v) is 5.14. The minimum Gasteiger partial charge on any atom is -0.497 e. The average molecular weight is 460 g/mol. The van der Waals surface area contributed by atoms with Crippen LogP contribution in [0.3, 0.4) is 0 Å². The number of aryl methyl sites for hydroxylation is 2. The van der Waals surface area contributed by atoms with E-state index in [9.17, 15) is 4.79 Å². The van der Waals surface area contributed by atoms with Gasteiger partial charge in [-0.25, -0.2) is 0 Å². The van der Waals surface area contributed by atoms with Crippen LogP contribution >= 0.6 is 0 Å². The van der Waals surface area contributed by atoms with Crippen LogP contribution in [0.15, 0.2) is 48.8 Å². The molecule has 2 bridgehead atoms. The van der Waals surface area contributed by atoms with Crippen molar-refractivity contribution in [1.82, 2.24) is 20.4 Å². The number of piperazine rings is 1. The summed E-state index contributed by atoms with van der Waals surface area (Å²) in [7, 11) is 3.56. The molecule has 3 heterocycles. The Hall–Kier alpha value is -3.32. The third-order valence-electron chi connectivity index (χ3n) is 7.10. The van der Waals surface area contributed by atoms with E-state index in [2.05, 4.69) is 44.9 Å². The first-order chi connectivity index (χ1) is 16.4. The molecule has 0 saturated carbocycles. The summed E-state index contributed by atoms with van der Waals surface area (Å²) >= 11 is 0. The van der Waals surface area contributed by atoms with E-state index in [4.69, 9.17) is 4.74 Å². The van der Waals surface area contributed by atoms with E-state index in [1.807, 2.05) is 45.4 Å². The highest BCUT2D eigenvalue weighted by Crippen LogP contribution is 2.30. The molecular weight excluding hydrogens is 426 g/mol. The number of hydrogen-bond acceptors (Lipinski definition) is 5. The predicted molar refractivity (Wildman–Crippen MR) is 134 cm³/mol. The highest BCUT2D eigenvalue weighted by molar-refractivity contribution is 5.97. The van der Waals surface area contributed by atoms with Crippen molar-refractivity contribution >= 4 is 11.6 Å². The number of ether oxygens (including phenoxy) is 1. The zero-order valence-electron chi connectivity index (χ0n) is 20.3. The van der Waals surface area contributed by atoms with Crippen LogP contribution < -0.4 is 20.3 Å². The molecule has 3 aromatic rings. The molecule has 0 aliphatic carbocycles. The third-order valence-corrected chi connectivity index (χ3v) is 7.10. The van der Waals surface area contributed by atoms with Gasteiger partial charge in [0.25, 0.3) is 5.91 Å². The van der Waals surface area contributed by atoms with Gasteiger partial charge in [-0.3, -0.25) is 9.48 Å². The van der Waals surface area contributed by atoms with Gasteiger partial charge >= 0.3 is 0 Å². The molecule has 7 nitrogen and oxygen atoms in total. The van der Waals surface area contributed by atoms with Crippen molar-refractivity contribution < 1.29 is 9.53 Å². The Kier molecular flexibility index (Phi) is 6.04. The molecule has 2 aromatic carbocycles. The number of carbonyl (C=O) groups excluding carboxylic acids is 1. The fraction of sp³-hybridized carbons (Fsp3) is 0.407. The summed E-state index contributed by atoms with van der Waals surface area (Å²) in [6.45, 7) is 6.00. The van der Waals surface area contributed by atoms with Crippen LogP contribution in [0.4, 0.5) is 5.69 Å². The number of rotatable bonds is 6. The van der Waals surface area contributed by atoms with Crippen LogP contribution in [0.5, 0.6) is 5.75 Å². The number of hydrogen-bond donors (Lipinski definition) is 2. The van der Waals surface area contributed by atoms with E-state index in [1.54, 1.807) is 11.8 Å². The van der Waals surface area contributed by atoms with Crippen molar-refractivity contribution in [2.45, 2.75) is 44.8 Å². The van der Waals surface area contributed by atoms with Crippen molar-refractivity contribution in [3.05, 3.63) is 65.5 Å². The van der Waals surface area contributed by atoms with E-state index in [1.165, 1.54) is 12.8 Å². The SMILES string of the molecule is COc1cc(-c2cnn(C)c2)cc([C@@H](C)NC(=O)c2cc(N3C[C@H]4CC[C@@H](C3)N4)ccc2C)c1. The van der Waals surface area contributed by atoms with Crippen LogP contribution in [-0.4, -0.2) is 48.0 Å². The lowest BCUT2D eigenvalue weighted by Gasteiger charge is -2.35. The number of carbonyl (C=O) groups is 1. The maximum Gasteiger partial charge on any atom is 0.252 e. The van der Waals surface area contributed by atoms with Gasteiger partial charge < -0.3 is 20.3 Å². The first-order valence-corrected chi connectivity index (χ1v) is 12.0. The summed E-state index contributed by atoms with van der Waals surface area (Å²) in [6, 6.07) is 13.2. The van der Waals surface area contributed by atoms with Crippen molar-refractivity contribution in [2.24, 2.45) is 7.05 Å². The number of benzene rings is 2. The Bertz CT molecular complexity index is 1190. The van der Waals surface area contributed by atoms with E-state index in [0.29, 0.717) is 12.1 Å². The topological polar surface area (TPSA) is 71.4 Å². The van der Waals surface area contributed by atoms with Crippen molar-refractivity contribution in [1.29, 1.82) is 0 Å². The molecule has 3 atom stereocenters. The lowest BCUT2D eigenvalue weighted by Crippen LogP contribution is -2.51. The first kappa shape index (κ1) is 22.5. The summed E-state index contributed by atoms with van der Waals surface area (Å²) in [6.07, 6.45) is 6.27. The van der Waals surface area contributed by atoms with Gasteiger partial charge in [0.15, 0.2) is 0 Å². The quantitative estimate of drug-likeness (QED) is 0.586. The van der Waals surface area contributed by atoms with E-state index >= 15 is 0 Å². The number of amides is 1. The van der Waals surface area contributed by atoms with Gasteiger partial charge in [0.1, 0.15) is 5.75 Å². The number of aromatic nitrogens is 2. The minimum atomic E-state index is -0.184. The standard InChI is InChI=1S/C27H33N5O2/c1-17-5-8-24(32-15-22-6-7-23(16-32)30-22)12-26(17)27(33)29-18(2)19-9-20(11-25(10-19)34-4)21-13-28-31(3)14-21/h5,8-14,18,22-23,30H,6-7,15-16H2,1-4H3,(H,29,33)/t18-,22-,23+/m1/s1. The molecule has 1 amide bonds. The normalized spacial score (nSPS) is 20.3. The molecule has 0 radical (unpaired) electrons. The van der Waals surface area contributed by atoms with Gasteiger partial charge in [0, 0.05) is 55.2 Å². The number of methoxy groups -OCH3 is 1. The summed E-state index contributed by atoms with van der Waals surface area (Å²) in [4.78, 5) is 15.8. The van der Waals surface area contributed by atoms with Crippen molar-refractivity contribution in [2.75, 3.05) is 25.1 Å². The highest BCUT2D eigenvalue weighted by Gasteiger charge is 2.32. The predicted octanol–water partition coefficient (Wildman–Crippen LogP) is 3.84. The Labute approximate surface area is 201 Å². The van der Waals surface area contributed by atoms with Gasteiger partial charge in [-0.2, -0.15) is 5.10 Å². The summed E-state index contributed by atoms with van der Waals surface area (Å²) < 4.78 is 7.31. The van der Waals surface area contributed by atoms with Crippen LogP contribution in [0.25, 0.3) is 11.1 Å². The maximum absolute atomic E-state index is 13.4. The van der Waals surface area contributed by atoms with E-state index < -0.39 is 0 Å². The Balaban J connectivity index is 1.36. The van der Waals surface area contributed by atoms with Gasteiger partial charge in [0.05, 0.1) is 19.3 Å². The summed E-state index contributed by atoms with van der Waals surface area (Å²) in [5, 5.41) is 11.2. The second kappa shape index (κ2) is 9.14. The Morgan fingerprint density at radius 2 is 1.91 bits per heavy atom. The molecular formula is C27H33N5O2. The number of nitrogens with zero attached hydrogens (tertiary/aromatic N) is 3. The molecule has 0 unspecified atom stereocenters. The number of fused-ring (bicyclic) bond motifs is 2. The summed E-state index contributed by atoms with van der Waals surface area (Å²) in [5.41, 5.74) is 5.84. The molecule has 5 rings (SSSR count). The zero-order chi connectivity index (χ0) is 23.8. The molecule has 34 heavy (non-hydrogen) atoms. The van der Waals surface area contributed by atoms with E-state index in [0.717, 1.165) is 52.3 Å². The maximum atomic E-state index is 13.4. The molecule has 1 aromatic heterocycles. The largest absolute Gasteiger partial charge is 0.497 e. The first-order valence-electron chi connectivity index (χ1n) is 12.0.